The number of rotatable bonds is 3. The quantitative estimate of drug-likeness (QED) is 0.759. The van der Waals surface area contributed by atoms with Gasteiger partial charge < -0.3 is 15.5 Å². The Morgan fingerprint density at radius 1 is 1.33 bits per heavy atom. The van der Waals surface area contributed by atoms with E-state index in [1.807, 2.05) is 0 Å². The Morgan fingerprint density at radius 2 is 2.00 bits per heavy atom. The molecule has 2 rings (SSSR count). The van der Waals surface area contributed by atoms with Gasteiger partial charge in [0.05, 0.1) is 4.88 Å². The van der Waals surface area contributed by atoms with Gasteiger partial charge in [0, 0.05) is 10.3 Å². The maximum Gasteiger partial charge on any atom is 0.339 e. The van der Waals surface area contributed by atoms with Gasteiger partial charge in [-0.1, -0.05) is 6.07 Å². The summed E-state index contributed by atoms with van der Waals surface area (Å²) in [5.41, 5.74) is 0.900. The van der Waals surface area contributed by atoms with E-state index >= 15 is 0 Å². The van der Waals surface area contributed by atoms with E-state index in [9.17, 15) is 13.6 Å². The maximum absolute atomic E-state index is 13.4. The van der Waals surface area contributed by atoms with Crippen LogP contribution in [-0.4, -0.2) is 15.7 Å². The van der Waals surface area contributed by atoms with Crippen LogP contribution in [-0.2, 0) is 5.66 Å². The number of alkyl halides is 2. The molecule has 8 heteroatoms. The molecular weight excluding hydrogens is 283 g/mol. The first-order chi connectivity index (χ1) is 8.32. The standard InChI is InChI=1S/C10H8F2NO3PS/c11-10(12,17(15)16)6-1-2-7-5(3-6)4-8(18-7)9(13)14/h1-4,15-16H,(H2,13,14). The van der Waals surface area contributed by atoms with Crippen molar-refractivity contribution in [1.82, 2.24) is 0 Å². The zero-order chi connectivity index (χ0) is 13.5. The van der Waals surface area contributed by atoms with Crippen molar-refractivity contribution in [2.45, 2.75) is 5.66 Å². The molecule has 1 aromatic carbocycles. The molecule has 18 heavy (non-hydrogen) atoms. The number of hydrogen-bond acceptors (Lipinski definition) is 4. The third kappa shape index (κ3) is 2.22. The maximum atomic E-state index is 13.4. The molecule has 0 bridgehead atoms. The molecule has 1 heterocycles. The Labute approximate surface area is 106 Å². The molecular formula is C10H8F2NO3PS. The summed E-state index contributed by atoms with van der Waals surface area (Å²) >= 11 is 1.09. The van der Waals surface area contributed by atoms with E-state index in [1.165, 1.54) is 12.1 Å². The number of nitrogens with two attached hydrogens (primary N) is 1. The summed E-state index contributed by atoms with van der Waals surface area (Å²) in [4.78, 5) is 28.6. The number of fused-ring (bicyclic) bond motifs is 1. The normalized spacial score (nSPS) is 12.3. The van der Waals surface area contributed by atoms with Gasteiger partial charge in [-0.3, -0.25) is 4.79 Å². The molecule has 4 N–H and O–H groups in total. The second kappa shape index (κ2) is 4.51. The Bertz CT molecular complexity index is 614. The lowest BCUT2D eigenvalue weighted by molar-refractivity contribution is 0.0734. The molecule has 1 amide bonds. The fourth-order valence-corrected chi connectivity index (χ4v) is 2.73. The van der Waals surface area contributed by atoms with Crippen molar-refractivity contribution >= 4 is 35.7 Å². The smallest absolute Gasteiger partial charge is 0.339 e. The number of primary amides is 1. The average Bonchev–Trinajstić information content (AvgIpc) is 2.71. The van der Waals surface area contributed by atoms with Crippen LogP contribution in [0.2, 0.25) is 0 Å². The van der Waals surface area contributed by atoms with Gasteiger partial charge in [-0.05, 0) is 23.6 Å². The highest BCUT2D eigenvalue weighted by atomic mass is 32.1. The lowest BCUT2D eigenvalue weighted by atomic mass is 10.1. The summed E-state index contributed by atoms with van der Waals surface area (Å²) in [6, 6.07) is 5.03. The molecule has 0 saturated carbocycles. The summed E-state index contributed by atoms with van der Waals surface area (Å²) < 4.78 is 27.5. The minimum Gasteiger partial charge on any atom is -0.365 e. The van der Waals surface area contributed by atoms with Crippen LogP contribution in [0.5, 0.6) is 0 Å². The number of carbonyl (C=O) groups excluding carboxylic acids is 1. The molecule has 0 spiro atoms. The number of hydrogen-bond donors (Lipinski definition) is 3. The van der Waals surface area contributed by atoms with Crippen LogP contribution in [0.3, 0.4) is 0 Å². The van der Waals surface area contributed by atoms with Gasteiger partial charge in [-0.15, -0.1) is 11.3 Å². The molecule has 0 aliphatic heterocycles. The second-order valence-electron chi connectivity index (χ2n) is 3.56. The van der Waals surface area contributed by atoms with E-state index in [2.05, 4.69) is 0 Å². The highest BCUT2D eigenvalue weighted by Crippen LogP contribution is 2.53. The highest BCUT2D eigenvalue weighted by molar-refractivity contribution is 7.46. The Kier molecular flexibility index (Phi) is 3.33. The van der Waals surface area contributed by atoms with Crippen molar-refractivity contribution in [3.05, 3.63) is 34.7 Å². The second-order valence-corrected chi connectivity index (χ2v) is 5.78. The SMILES string of the molecule is NC(=O)c1cc2cc(C(F)(F)P(O)O)ccc2s1. The molecule has 0 radical (unpaired) electrons. The molecule has 0 aliphatic rings. The summed E-state index contributed by atoms with van der Waals surface area (Å²) in [5, 5.41) is 0.419. The molecule has 4 nitrogen and oxygen atoms in total. The van der Waals surface area contributed by atoms with Crippen LogP contribution in [0, 0.1) is 0 Å². The predicted molar refractivity (Wildman–Crippen MR) is 65.6 cm³/mol. The number of benzene rings is 1. The van der Waals surface area contributed by atoms with Crippen molar-refractivity contribution < 1.29 is 23.4 Å². The zero-order valence-corrected chi connectivity index (χ0v) is 10.5. The lowest BCUT2D eigenvalue weighted by Gasteiger charge is -2.17. The monoisotopic (exact) mass is 291 g/mol. The van der Waals surface area contributed by atoms with Gasteiger partial charge in [0.2, 0.25) is 8.38 Å². The van der Waals surface area contributed by atoms with Crippen molar-refractivity contribution in [3.63, 3.8) is 0 Å². The molecule has 96 valence electrons. The van der Waals surface area contributed by atoms with Gasteiger partial charge in [-0.25, -0.2) is 0 Å². The Hall–Kier alpha value is -1.14. The summed E-state index contributed by atoms with van der Waals surface area (Å²) in [5.74, 6) is -0.629. The molecule has 1 aromatic heterocycles. The third-order valence-corrected chi connectivity index (χ3v) is 4.25. The van der Waals surface area contributed by atoms with E-state index in [-0.39, 0.29) is 4.88 Å². The van der Waals surface area contributed by atoms with E-state index in [0.29, 0.717) is 10.1 Å². The van der Waals surface area contributed by atoms with Gasteiger partial charge in [0.25, 0.3) is 5.91 Å². The van der Waals surface area contributed by atoms with E-state index in [1.54, 1.807) is 0 Å². The van der Waals surface area contributed by atoms with Crippen molar-refractivity contribution in [1.29, 1.82) is 0 Å². The molecule has 0 fully saturated rings. The van der Waals surface area contributed by atoms with Gasteiger partial charge in [0.15, 0.2) is 0 Å². The molecule has 0 saturated heterocycles. The average molecular weight is 291 g/mol. The van der Waals surface area contributed by atoms with E-state index in [4.69, 9.17) is 15.5 Å². The highest BCUT2D eigenvalue weighted by Gasteiger charge is 2.41. The van der Waals surface area contributed by atoms with Crippen LogP contribution < -0.4 is 5.73 Å². The third-order valence-electron chi connectivity index (χ3n) is 2.36. The number of thiophene rings is 1. The van der Waals surface area contributed by atoms with Gasteiger partial charge in [0.1, 0.15) is 0 Å². The minimum absolute atomic E-state index is 0.265. The number of amides is 1. The Morgan fingerprint density at radius 3 is 2.56 bits per heavy atom. The molecule has 0 atom stereocenters. The van der Waals surface area contributed by atoms with Crippen LogP contribution in [0.25, 0.3) is 10.1 Å². The van der Waals surface area contributed by atoms with Crippen LogP contribution in [0.1, 0.15) is 15.2 Å². The summed E-state index contributed by atoms with van der Waals surface area (Å²) in [7, 11) is -3.40. The summed E-state index contributed by atoms with van der Waals surface area (Å²) in [6.07, 6.45) is 0. The van der Waals surface area contributed by atoms with Crippen LogP contribution in [0.15, 0.2) is 24.3 Å². The summed E-state index contributed by atoms with van der Waals surface area (Å²) in [6.45, 7) is 0. The first kappa shape index (κ1) is 13.3. The molecule has 2 aromatic rings. The first-order valence-corrected chi connectivity index (χ1v) is 6.78. The molecule has 0 aliphatic carbocycles. The first-order valence-electron chi connectivity index (χ1n) is 4.72. The number of carbonyl (C=O) groups is 1. The largest absolute Gasteiger partial charge is 0.365 e. The van der Waals surface area contributed by atoms with Crippen molar-refractivity contribution in [3.8, 4) is 0 Å². The Balaban J connectivity index is 2.54. The topological polar surface area (TPSA) is 83.6 Å². The minimum atomic E-state index is -3.70. The van der Waals surface area contributed by atoms with Crippen molar-refractivity contribution in [2.24, 2.45) is 5.73 Å². The van der Waals surface area contributed by atoms with Crippen LogP contribution >= 0.6 is 19.7 Å². The zero-order valence-electron chi connectivity index (χ0n) is 8.80. The lowest BCUT2D eigenvalue weighted by Crippen LogP contribution is -2.10. The van der Waals surface area contributed by atoms with Gasteiger partial charge in [-0.2, -0.15) is 8.78 Å². The predicted octanol–water partition coefficient (Wildman–Crippen LogP) is 2.35. The van der Waals surface area contributed by atoms with Gasteiger partial charge >= 0.3 is 5.66 Å². The van der Waals surface area contributed by atoms with E-state index < -0.39 is 25.5 Å². The molecule has 0 unspecified atom stereocenters. The van der Waals surface area contributed by atoms with Crippen molar-refractivity contribution in [2.75, 3.05) is 0 Å². The van der Waals surface area contributed by atoms with Crippen LogP contribution in [0.4, 0.5) is 8.78 Å². The fourth-order valence-electron chi connectivity index (χ4n) is 1.47. The van der Waals surface area contributed by atoms with E-state index in [0.717, 1.165) is 23.5 Å². The number of halogens is 2. The fraction of sp³-hybridized carbons (Fsp3) is 0.100.